The molecule has 0 aromatic heterocycles. The number of phenolic OH excluding ortho intramolecular Hbond substituents is 2. The molecule has 0 bridgehead atoms. The number of likely N-dealkylation sites (tertiary alicyclic amines) is 2. The topological polar surface area (TPSA) is 76.0 Å². The number of benzene rings is 2. The highest BCUT2D eigenvalue weighted by atomic mass is 35.5. The zero-order valence-electron chi connectivity index (χ0n) is 22.9. The number of Topliss-reactive ketones (excluding diaryl/α,β-unsaturated/α-hetero) is 1. The lowest BCUT2D eigenvalue weighted by Crippen LogP contribution is -2.32. The molecule has 9 heteroatoms. The van der Waals surface area contributed by atoms with Crippen LogP contribution >= 0.6 is 37.2 Å². The number of halogens is 3. The number of carbonyl (C=O) groups is 1. The van der Waals surface area contributed by atoms with Crippen LogP contribution in [-0.2, 0) is 17.9 Å². The molecule has 3 aliphatic rings. The minimum atomic E-state index is 0. The summed E-state index contributed by atoms with van der Waals surface area (Å²) in [6.45, 7) is 6.79. The molecule has 0 aliphatic carbocycles. The summed E-state index contributed by atoms with van der Waals surface area (Å²) in [5.74, 6) is 0.679. The van der Waals surface area contributed by atoms with Crippen molar-refractivity contribution in [2.24, 2.45) is 0 Å². The van der Waals surface area contributed by atoms with Crippen molar-refractivity contribution in [3.63, 3.8) is 0 Å². The first-order valence-electron chi connectivity index (χ1n) is 13.8. The number of hydrogen-bond acceptors (Lipinski definition) is 6. The lowest BCUT2D eigenvalue weighted by atomic mass is 9.94. The number of piperidine rings is 3. The van der Waals surface area contributed by atoms with Crippen LogP contribution in [0.4, 0.5) is 0 Å². The highest BCUT2D eigenvalue weighted by Gasteiger charge is 2.21. The third-order valence-corrected chi connectivity index (χ3v) is 7.79. The molecule has 3 saturated heterocycles. The van der Waals surface area contributed by atoms with Crippen LogP contribution in [0.25, 0.3) is 12.2 Å². The fourth-order valence-corrected chi connectivity index (χ4v) is 5.69. The number of rotatable bonds is 6. The second-order valence-electron chi connectivity index (χ2n) is 10.7. The molecule has 5 rings (SSSR count). The lowest BCUT2D eigenvalue weighted by molar-refractivity contribution is -0.112. The number of ketones is 1. The third kappa shape index (κ3) is 8.97. The maximum atomic E-state index is 13.4. The molecule has 0 amide bonds. The zero-order valence-corrected chi connectivity index (χ0v) is 25.4. The summed E-state index contributed by atoms with van der Waals surface area (Å²) >= 11 is 0. The Bertz CT molecular complexity index is 1100. The van der Waals surface area contributed by atoms with Gasteiger partial charge in [0, 0.05) is 48.5 Å². The van der Waals surface area contributed by atoms with Gasteiger partial charge in [-0.05, 0) is 99.4 Å². The van der Waals surface area contributed by atoms with E-state index in [1.54, 1.807) is 12.1 Å². The van der Waals surface area contributed by atoms with Crippen LogP contribution in [0.1, 0.15) is 60.8 Å². The van der Waals surface area contributed by atoms with E-state index in [1.165, 1.54) is 38.5 Å². The average Bonchev–Trinajstić information content (AvgIpc) is 2.91. The molecule has 6 nitrogen and oxygen atoms in total. The van der Waals surface area contributed by atoms with E-state index in [4.69, 9.17) is 0 Å². The van der Waals surface area contributed by atoms with Crippen molar-refractivity contribution in [2.45, 2.75) is 51.6 Å². The number of phenols is 2. The first-order valence-corrected chi connectivity index (χ1v) is 13.8. The summed E-state index contributed by atoms with van der Waals surface area (Å²) < 4.78 is 0. The molecular formula is C31H42Cl3N3O3. The van der Waals surface area contributed by atoms with Crippen molar-refractivity contribution >= 4 is 55.2 Å². The molecule has 220 valence electrons. The molecule has 0 radical (unpaired) electrons. The molecule has 0 saturated carbocycles. The fourth-order valence-electron chi connectivity index (χ4n) is 5.69. The highest BCUT2D eigenvalue weighted by Crippen LogP contribution is 2.26. The second kappa shape index (κ2) is 16.4. The number of hydrogen-bond donors (Lipinski definition) is 3. The zero-order chi connectivity index (χ0) is 25.6. The van der Waals surface area contributed by atoms with Crippen LogP contribution in [-0.4, -0.2) is 65.1 Å². The molecule has 2 aromatic carbocycles. The Labute approximate surface area is 256 Å². The molecule has 3 heterocycles. The number of nitrogens with one attached hydrogen (secondary N) is 1. The van der Waals surface area contributed by atoms with Crippen molar-refractivity contribution in [3.05, 3.63) is 69.8 Å². The molecule has 3 N–H and O–H groups in total. The van der Waals surface area contributed by atoms with Gasteiger partial charge in [-0.3, -0.25) is 14.6 Å². The van der Waals surface area contributed by atoms with E-state index < -0.39 is 0 Å². The summed E-state index contributed by atoms with van der Waals surface area (Å²) in [4.78, 5) is 18.2. The Kier molecular flexibility index (Phi) is 14.0. The minimum absolute atomic E-state index is 0. The van der Waals surface area contributed by atoms with Gasteiger partial charge in [-0.1, -0.05) is 25.0 Å². The van der Waals surface area contributed by atoms with Crippen molar-refractivity contribution in [2.75, 3.05) is 39.3 Å². The first kappa shape index (κ1) is 34.1. The molecule has 3 fully saturated rings. The standard InChI is InChI=1S/C31H39N3O3.3ClH/c35-29-9-7-23(17-27(29)21-33-11-3-1-4-12-33)15-25-19-32-20-26(31(25)37)16-24-8-10-30(36)28(18-24)22-34-13-5-2-6-14-34;;;/h7-10,15-18,32,35-36H,1-6,11-14,19-22H2;3*1H/b25-15+,26-16+;;;. The molecule has 3 aliphatic heterocycles. The van der Waals surface area contributed by atoms with Crippen molar-refractivity contribution in [1.29, 1.82) is 0 Å². The molecular weight excluding hydrogens is 569 g/mol. The highest BCUT2D eigenvalue weighted by molar-refractivity contribution is 6.14. The van der Waals surface area contributed by atoms with Crippen molar-refractivity contribution in [1.82, 2.24) is 15.1 Å². The SMILES string of the molecule is Cl.Cl.Cl.O=C1/C(=C/c2ccc(O)c(CN3CCCCC3)c2)CNC/C1=C\c1ccc(O)c(CN2CCCCC2)c1. The van der Waals surface area contributed by atoms with Crippen molar-refractivity contribution in [3.8, 4) is 11.5 Å². The van der Waals surface area contributed by atoms with Crippen LogP contribution in [0.3, 0.4) is 0 Å². The first-order chi connectivity index (χ1) is 18.0. The number of aromatic hydroxyl groups is 2. The molecule has 40 heavy (non-hydrogen) atoms. The monoisotopic (exact) mass is 609 g/mol. The summed E-state index contributed by atoms with van der Waals surface area (Å²) in [5.41, 5.74) is 5.13. The van der Waals surface area contributed by atoms with Crippen LogP contribution in [0.5, 0.6) is 11.5 Å². The molecule has 0 spiro atoms. The summed E-state index contributed by atoms with van der Waals surface area (Å²) in [7, 11) is 0. The molecule has 2 aromatic rings. The Morgan fingerprint density at radius 2 is 1.05 bits per heavy atom. The quantitative estimate of drug-likeness (QED) is 0.350. The Morgan fingerprint density at radius 1 is 0.650 bits per heavy atom. The van der Waals surface area contributed by atoms with E-state index in [1.807, 2.05) is 36.4 Å². The largest absolute Gasteiger partial charge is 0.508 e. The van der Waals surface area contributed by atoms with Gasteiger partial charge in [0.1, 0.15) is 11.5 Å². The smallest absolute Gasteiger partial charge is 0.187 e. The summed E-state index contributed by atoms with van der Waals surface area (Å²) in [6.07, 6.45) is 11.3. The number of carbonyl (C=O) groups excluding carboxylic acids is 1. The normalized spacial score (nSPS) is 20.4. The van der Waals surface area contributed by atoms with Gasteiger partial charge in [-0.25, -0.2) is 0 Å². The summed E-state index contributed by atoms with van der Waals surface area (Å²) in [5, 5.41) is 24.2. The van der Waals surface area contributed by atoms with E-state index in [0.717, 1.165) is 72.7 Å². The molecule has 0 unspecified atom stereocenters. The Balaban J connectivity index is 0.00000187. The molecule has 0 atom stereocenters. The van der Waals surface area contributed by atoms with E-state index in [9.17, 15) is 15.0 Å². The van der Waals surface area contributed by atoms with Gasteiger partial charge in [-0.2, -0.15) is 0 Å². The van der Waals surface area contributed by atoms with Crippen LogP contribution in [0.15, 0.2) is 47.5 Å². The van der Waals surface area contributed by atoms with E-state index in [2.05, 4.69) is 15.1 Å². The third-order valence-electron chi connectivity index (χ3n) is 7.79. The van der Waals surface area contributed by atoms with Gasteiger partial charge >= 0.3 is 0 Å². The van der Waals surface area contributed by atoms with Crippen LogP contribution in [0.2, 0.25) is 0 Å². The predicted octanol–water partition coefficient (Wildman–Crippen LogP) is 5.97. The van der Waals surface area contributed by atoms with Crippen LogP contribution in [0, 0.1) is 0 Å². The Hall–Kier alpha value is -2.06. The summed E-state index contributed by atoms with van der Waals surface area (Å²) in [6, 6.07) is 11.2. The van der Waals surface area contributed by atoms with Gasteiger partial charge in [0.15, 0.2) is 5.78 Å². The van der Waals surface area contributed by atoms with Gasteiger partial charge < -0.3 is 15.5 Å². The van der Waals surface area contributed by atoms with Crippen molar-refractivity contribution < 1.29 is 15.0 Å². The average molecular weight is 611 g/mol. The maximum Gasteiger partial charge on any atom is 0.187 e. The predicted molar refractivity (Wildman–Crippen MR) is 170 cm³/mol. The minimum Gasteiger partial charge on any atom is -0.508 e. The van der Waals surface area contributed by atoms with Gasteiger partial charge in [0.25, 0.3) is 0 Å². The van der Waals surface area contributed by atoms with Gasteiger partial charge in [0.05, 0.1) is 0 Å². The Morgan fingerprint density at radius 3 is 1.45 bits per heavy atom. The lowest BCUT2D eigenvalue weighted by Gasteiger charge is -2.26. The second-order valence-corrected chi connectivity index (χ2v) is 10.7. The van der Waals surface area contributed by atoms with Gasteiger partial charge in [0.2, 0.25) is 0 Å². The van der Waals surface area contributed by atoms with E-state index in [0.29, 0.717) is 24.6 Å². The van der Waals surface area contributed by atoms with E-state index in [-0.39, 0.29) is 43.0 Å². The van der Waals surface area contributed by atoms with E-state index >= 15 is 0 Å². The fraction of sp³-hybridized carbons (Fsp3) is 0.452. The van der Waals surface area contributed by atoms with Crippen LogP contribution < -0.4 is 5.32 Å². The van der Waals surface area contributed by atoms with Gasteiger partial charge in [-0.15, -0.1) is 37.2 Å². The maximum absolute atomic E-state index is 13.4. The number of nitrogens with zero attached hydrogens (tertiary/aromatic N) is 2.